The van der Waals surface area contributed by atoms with Crippen molar-refractivity contribution in [3.05, 3.63) is 83.9 Å². The minimum absolute atomic E-state index is 0.0864. The van der Waals surface area contributed by atoms with Crippen LogP contribution in [0.5, 0.6) is 17.2 Å². The van der Waals surface area contributed by atoms with Crippen LogP contribution in [-0.2, 0) is 4.74 Å². The van der Waals surface area contributed by atoms with Gasteiger partial charge in [-0.1, -0.05) is 25.1 Å². The normalized spacial score (nSPS) is 20.4. The van der Waals surface area contributed by atoms with Crippen molar-refractivity contribution in [2.45, 2.75) is 26.0 Å². The molecule has 0 unspecified atom stereocenters. The van der Waals surface area contributed by atoms with Gasteiger partial charge in [-0.3, -0.25) is 9.59 Å². The molecule has 1 aliphatic rings. The van der Waals surface area contributed by atoms with Crippen LogP contribution in [0.15, 0.2) is 72.8 Å². The molecule has 1 heterocycles. The molecular weight excluding hydrogens is 482 g/mol. The van der Waals surface area contributed by atoms with E-state index >= 15 is 0 Å². The second kappa shape index (κ2) is 12.6. The molecule has 3 atom stereocenters. The predicted molar refractivity (Wildman–Crippen MR) is 147 cm³/mol. The zero-order valence-corrected chi connectivity index (χ0v) is 22.3. The lowest BCUT2D eigenvalue weighted by Gasteiger charge is -2.30. The maximum atomic E-state index is 13.4. The first kappa shape index (κ1) is 27.2. The molecule has 0 aromatic heterocycles. The van der Waals surface area contributed by atoms with Crippen LogP contribution < -0.4 is 20.1 Å². The highest BCUT2D eigenvalue weighted by atomic mass is 16.5. The van der Waals surface area contributed by atoms with Gasteiger partial charge < -0.3 is 29.7 Å². The van der Waals surface area contributed by atoms with Crippen molar-refractivity contribution in [3.63, 3.8) is 0 Å². The van der Waals surface area contributed by atoms with Gasteiger partial charge in [0.05, 0.1) is 11.7 Å². The van der Waals surface area contributed by atoms with E-state index in [1.54, 1.807) is 61.5 Å². The number of benzene rings is 3. The third-order valence-corrected chi connectivity index (χ3v) is 6.58. The third-order valence-electron chi connectivity index (χ3n) is 6.58. The Balaban J connectivity index is 1.51. The lowest BCUT2D eigenvalue weighted by molar-refractivity contribution is 0.0281. The number of amides is 2. The van der Waals surface area contributed by atoms with Gasteiger partial charge in [-0.25, -0.2) is 0 Å². The van der Waals surface area contributed by atoms with E-state index in [-0.39, 0.29) is 29.9 Å². The summed E-state index contributed by atoms with van der Waals surface area (Å²) in [5.74, 6) is 1.53. The molecule has 3 aromatic carbocycles. The van der Waals surface area contributed by atoms with E-state index in [4.69, 9.17) is 14.2 Å². The van der Waals surface area contributed by atoms with E-state index in [1.807, 2.05) is 37.3 Å². The number of hydrogen-bond donors (Lipinski definition) is 2. The SMILES string of the molecule is CO[C@H]1CN(C)C(=O)c2cc(NC(=O)c3ccc(Oc4ccccc4)cc3)ccc2OC[C@@H](C)NC[C@@H]1C. The van der Waals surface area contributed by atoms with Gasteiger partial charge in [-0.05, 0) is 67.4 Å². The molecule has 200 valence electrons. The van der Waals surface area contributed by atoms with Crippen LogP contribution in [-0.4, -0.2) is 62.7 Å². The molecule has 3 aromatic rings. The Morgan fingerprint density at radius 3 is 2.45 bits per heavy atom. The van der Waals surface area contributed by atoms with Crippen LogP contribution in [0.25, 0.3) is 0 Å². The van der Waals surface area contributed by atoms with E-state index in [0.29, 0.717) is 41.5 Å². The Kier molecular flexibility index (Phi) is 8.99. The Morgan fingerprint density at radius 1 is 1.03 bits per heavy atom. The molecule has 2 amide bonds. The zero-order chi connectivity index (χ0) is 27.1. The highest BCUT2D eigenvalue weighted by Crippen LogP contribution is 2.27. The number of ether oxygens (including phenoxy) is 3. The number of para-hydroxylation sites is 1. The molecular formula is C30H35N3O5. The van der Waals surface area contributed by atoms with Gasteiger partial charge in [0.1, 0.15) is 23.9 Å². The maximum Gasteiger partial charge on any atom is 0.257 e. The monoisotopic (exact) mass is 517 g/mol. The number of methoxy groups -OCH3 is 1. The van der Waals surface area contributed by atoms with Crippen LogP contribution in [0.3, 0.4) is 0 Å². The molecule has 2 N–H and O–H groups in total. The van der Waals surface area contributed by atoms with Crippen molar-refractivity contribution < 1.29 is 23.8 Å². The minimum Gasteiger partial charge on any atom is -0.491 e. The fourth-order valence-corrected chi connectivity index (χ4v) is 4.24. The molecule has 0 saturated heterocycles. The van der Waals surface area contributed by atoms with E-state index in [9.17, 15) is 9.59 Å². The Labute approximate surface area is 223 Å². The van der Waals surface area contributed by atoms with Gasteiger partial charge in [0.25, 0.3) is 11.8 Å². The van der Waals surface area contributed by atoms with Crippen molar-refractivity contribution in [2.75, 3.05) is 39.2 Å². The molecule has 4 rings (SSSR count). The first-order chi connectivity index (χ1) is 18.3. The number of nitrogens with one attached hydrogen (secondary N) is 2. The van der Waals surface area contributed by atoms with Gasteiger partial charge in [-0.15, -0.1) is 0 Å². The van der Waals surface area contributed by atoms with E-state index in [1.165, 1.54) is 0 Å². The Hall–Kier alpha value is -3.88. The summed E-state index contributed by atoms with van der Waals surface area (Å²) in [4.78, 5) is 28.0. The lowest BCUT2D eigenvalue weighted by atomic mass is 10.0. The van der Waals surface area contributed by atoms with Gasteiger partial charge in [0.15, 0.2) is 0 Å². The number of fused-ring (bicyclic) bond motifs is 1. The quantitative estimate of drug-likeness (QED) is 0.504. The molecule has 0 spiro atoms. The van der Waals surface area contributed by atoms with E-state index in [0.717, 1.165) is 12.3 Å². The number of carbonyl (C=O) groups is 2. The van der Waals surface area contributed by atoms with Crippen molar-refractivity contribution in [3.8, 4) is 17.2 Å². The van der Waals surface area contributed by atoms with Crippen molar-refractivity contribution in [1.82, 2.24) is 10.2 Å². The number of nitrogens with zero attached hydrogens (tertiary/aromatic N) is 1. The van der Waals surface area contributed by atoms with Crippen molar-refractivity contribution in [2.24, 2.45) is 5.92 Å². The summed E-state index contributed by atoms with van der Waals surface area (Å²) in [5.41, 5.74) is 1.35. The van der Waals surface area contributed by atoms with Crippen molar-refractivity contribution in [1.29, 1.82) is 0 Å². The standard InChI is InChI=1S/C30H35N3O5/c1-20-17-31-21(2)19-37-27-15-12-23(16-26(27)30(35)33(3)18-28(20)36-4)32-29(34)22-10-13-25(14-11-22)38-24-8-6-5-7-9-24/h5-16,20-21,28,31H,17-19H2,1-4H3,(H,32,34)/t20-,21+,28-/m0/s1. The summed E-state index contributed by atoms with van der Waals surface area (Å²) in [7, 11) is 3.41. The highest BCUT2D eigenvalue weighted by molar-refractivity contribution is 6.05. The van der Waals surface area contributed by atoms with Crippen molar-refractivity contribution >= 4 is 17.5 Å². The van der Waals surface area contributed by atoms with Crippen LogP contribution in [0, 0.1) is 5.92 Å². The first-order valence-corrected chi connectivity index (χ1v) is 12.8. The molecule has 0 bridgehead atoms. The molecule has 1 aliphatic heterocycles. The number of likely N-dealkylation sites (N-methyl/N-ethyl adjacent to an activating group) is 1. The Bertz CT molecular complexity index is 1230. The summed E-state index contributed by atoms with van der Waals surface area (Å²) in [5, 5.41) is 6.36. The van der Waals surface area contributed by atoms with Gasteiger partial charge in [0, 0.05) is 44.5 Å². The largest absolute Gasteiger partial charge is 0.491 e. The molecule has 0 fully saturated rings. The highest BCUT2D eigenvalue weighted by Gasteiger charge is 2.25. The lowest BCUT2D eigenvalue weighted by Crippen LogP contribution is -2.44. The van der Waals surface area contributed by atoms with Gasteiger partial charge >= 0.3 is 0 Å². The summed E-state index contributed by atoms with van der Waals surface area (Å²) >= 11 is 0. The molecule has 0 saturated carbocycles. The third kappa shape index (κ3) is 6.90. The maximum absolute atomic E-state index is 13.4. The number of rotatable bonds is 5. The van der Waals surface area contributed by atoms with Crippen LogP contribution in [0.4, 0.5) is 5.69 Å². The van der Waals surface area contributed by atoms with Crippen LogP contribution in [0.2, 0.25) is 0 Å². The second-order valence-corrected chi connectivity index (χ2v) is 9.66. The molecule has 8 heteroatoms. The smallest absolute Gasteiger partial charge is 0.257 e. The topological polar surface area (TPSA) is 89.1 Å². The second-order valence-electron chi connectivity index (χ2n) is 9.66. The summed E-state index contributed by atoms with van der Waals surface area (Å²) in [6.45, 7) is 5.72. The van der Waals surface area contributed by atoms with E-state index < -0.39 is 0 Å². The average Bonchev–Trinajstić information content (AvgIpc) is 2.93. The summed E-state index contributed by atoms with van der Waals surface area (Å²) < 4.78 is 17.5. The van der Waals surface area contributed by atoms with Crippen LogP contribution in [0.1, 0.15) is 34.6 Å². The minimum atomic E-state index is -0.294. The molecule has 8 nitrogen and oxygen atoms in total. The molecule has 38 heavy (non-hydrogen) atoms. The predicted octanol–water partition coefficient (Wildman–Crippen LogP) is 4.82. The first-order valence-electron chi connectivity index (χ1n) is 12.8. The van der Waals surface area contributed by atoms with E-state index in [2.05, 4.69) is 17.6 Å². The number of carbonyl (C=O) groups excluding carboxylic acids is 2. The fraction of sp³-hybridized carbons (Fsp3) is 0.333. The summed E-state index contributed by atoms with van der Waals surface area (Å²) in [6, 6.07) is 21.5. The molecule has 0 aliphatic carbocycles. The van der Waals surface area contributed by atoms with Gasteiger partial charge in [-0.2, -0.15) is 0 Å². The fourth-order valence-electron chi connectivity index (χ4n) is 4.24. The summed E-state index contributed by atoms with van der Waals surface area (Å²) in [6.07, 6.45) is -0.121. The van der Waals surface area contributed by atoms with Gasteiger partial charge in [0.2, 0.25) is 0 Å². The average molecular weight is 518 g/mol. The number of hydrogen-bond acceptors (Lipinski definition) is 6. The van der Waals surface area contributed by atoms with Crippen LogP contribution >= 0.6 is 0 Å². The zero-order valence-electron chi connectivity index (χ0n) is 22.3. The number of anilines is 1. The molecule has 0 radical (unpaired) electrons. The Morgan fingerprint density at radius 2 is 1.74 bits per heavy atom.